The third-order valence-electron chi connectivity index (χ3n) is 4.13. The standard InChI is InChI=1S/C18H19NO3S/c1-13-10-16-6-3-4-9-18(16)19(12-13)23(21,22)17-8-5-7-15(11-17)14(2)20/h3-9,11,13H,10,12H2,1-2H3. The number of hydrogen-bond acceptors (Lipinski definition) is 3. The van der Waals surface area contributed by atoms with Crippen molar-refractivity contribution >= 4 is 21.5 Å². The molecule has 5 heteroatoms. The summed E-state index contributed by atoms with van der Waals surface area (Å²) in [6.45, 7) is 3.93. The molecule has 0 spiro atoms. The van der Waals surface area contributed by atoms with Crippen LogP contribution in [0.5, 0.6) is 0 Å². The van der Waals surface area contributed by atoms with E-state index in [1.165, 1.54) is 17.3 Å². The van der Waals surface area contributed by atoms with Crippen molar-refractivity contribution in [3.05, 3.63) is 59.7 Å². The van der Waals surface area contributed by atoms with Crippen LogP contribution in [0.25, 0.3) is 0 Å². The third kappa shape index (κ3) is 2.88. The summed E-state index contributed by atoms with van der Waals surface area (Å²) in [6, 6.07) is 13.8. The Kier molecular flexibility index (Phi) is 3.98. The molecule has 0 N–H and O–H groups in total. The van der Waals surface area contributed by atoms with E-state index in [2.05, 4.69) is 0 Å². The SMILES string of the molecule is CC(=O)c1cccc(S(=O)(=O)N2CC(C)Cc3ccccc32)c1. The van der Waals surface area contributed by atoms with E-state index in [4.69, 9.17) is 0 Å². The number of para-hydroxylation sites is 1. The number of Topliss-reactive ketones (excluding diaryl/α,β-unsaturated/α-hetero) is 1. The first kappa shape index (κ1) is 15.7. The minimum Gasteiger partial charge on any atom is -0.295 e. The van der Waals surface area contributed by atoms with Gasteiger partial charge in [0.2, 0.25) is 0 Å². The zero-order chi connectivity index (χ0) is 16.6. The van der Waals surface area contributed by atoms with E-state index >= 15 is 0 Å². The highest BCUT2D eigenvalue weighted by Crippen LogP contribution is 2.33. The van der Waals surface area contributed by atoms with Gasteiger partial charge in [-0.2, -0.15) is 0 Å². The Hall–Kier alpha value is -2.14. The molecule has 0 fully saturated rings. The second-order valence-electron chi connectivity index (χ2n) is 6.06. The maximum Gasteiger partial charge on any atom is 0.264 e. The van der Waals surface area contributed by atoms with Gasteiger partial charge in [-0.15, -0.1) is 0 Å². The lowest BCUT2D eigenvalue weighted by Crippen LogP contribution is -2.39. The van der Waals surface area contributed by atoms with E-state index < -0.39 is 10.0 Å². The lowest BCUT2D eigenvalue weighted by Gasteiger charge is -2.33. The van der Waals surface area contributed by atoms with Crippen LogP contribution in [-0.2, 0) is 16.4 Å². The van der Waals surface area contributed by atoms with Gasteiger partial charge in [0.05, 0.1) is 10.6 Å². The van der Waals surface area contributed by atoms with Crippen molar-refractivity contribution < 1.29 is 13.2 Å². The van der Waals surface area contributed by atoms with Crippen molar-refractivity contribution in [1.29, 1.82) is 0 Å². The summed E-state index contributed by atoms with van der Waals surface area (Å²) in [5, 5.41) is 0. The van der Waals surface area contributed by atoms with E-state index in [0.717, 1.165) is 17.7 Å². The highest BCUT2D eigenvalue weighted by atomic mass is 32.2. The average molecular weight is 329 g/mol. The Morgan fingerprint density at radius 3 is 2.61 bits per heavy atom. The summed E-state index contributed by atoms with van der Waals surface area (Å²) >= 11 is 0. The zero-order valence-corrected chi connectivity index (χ0v) is 14.0. The molecule has 0 saturated heterocycles. The van der Waals surface area contributed by atoms with Gasteiger partial charge in [0.15, 0.2) is 5.78 Å². The van der Waals surface area contributed by atoms with Crippen LogP contribution in [0.4, 0.5) is 5.69 Å². The van der Waals surface area contributed by atoms with Crippen LogP contribution in [0.15, 0.2) is 53.4 Å². The number of sulfonamides is 1. The summed E-state index contributed by atoms with van der Waals surface area (Å²) in [6.07, 6.45) is 0.871. The molecule has 1 atom stereocenters. The van der Waals surface area contributed by atoms with Crippen LogP contribution in [-0.4, -0.2) is 20.7 Å². The fourth-order valence-corrected chi connectivity index (χ4v) is 4.65. The van der Waals surface area contributed by atoms with Crippen molar-refractivity contribution in [2.45, 2.75) is 25.2 Å². The molecule has 2 aromatic carbocycles. The number of ketones is 1. The Morgan fingerprint density at radius 2 is 1.87 bits per heavy atom. The number of benzene rings is 2. The maximum absolute atomic E-state index is 13.1. The Morgan fingerprint density at radius 1 is 1.13 bits per heavy atom. The predicted octanol–water partition coefficient (Wildman–Crippen LogP) is 3.28. The van der Waals surface area contributed by atoms with E-state index in [1.54, 1.807) is 18.2 Å². The normalized spacial score (nSPS) is 17.7. The van der Waals surface area contributed by atoms with Crippen LogP contribution in [0.2, 0.25) is 0 Å². The van der Waals surface area contributed by atoms with Crippen LogP contribution < -0.4 is 4.31 Å². The molecule has 1 heterocycles. The van der Waals surface area contributed by atoms with E-state index in [1.807, 2.05) is 31.2 Å². The maximum atomic E-state index is 13.1. The number of carbonyl (C=O) groups excluding carboxylic acids is 1. The molecule has 0 aromatic heterocycles. The van der Waals surface area contributed by atoms with Crippen molar-refractivity contribution in [1.82, 2.24) is 0 Å². The van der Waals surface area contributed by atoms with Gasteiger partial charge in [-0.25, -0.2) is 8.42 Å². The molecule has 2 aromatic rings. The van der Waals surface area contributed by atoms with Crippen LogP contribution >= 0.6 is 0 Å². The molecule has 4 nitrogen and oxygen atoms in total. The molecule has 23 heavy (non-hydrogen) atoms. The van der Waals surface area contributed by atoms with E-state index in [9.17, 15) is 13.2 Å². The summed E-state index contributed by atoms with van der Waals surface area (Å²) in [7, 11) is -3.68. The summed E-state index contributed by atoms with van der Waals surface area (Å²) in [5.74, 6) is 0.102. The minimum atomic E-state index is -3.68. The van der Waals surface area contributed by atoms with Crippen molar-refractivity contribution in [3.63, 3.8) is 0 Å². The largest absolute Gasteiger partial charge is 0.295 e. The first-order valence-electron chi connectivity index (χ1n) is 7.61. The summed E-state index contributed by atoms with van der Waals surface area (Å²) < 4.78 is 27.6. The lowest BCUT2D eigenvalue weighted by atomic mass is 9.96. The lowest BCUT2D eigenvalue weighted by molar-refractivity contribution is 0.101. The first-order chi connectivity index (χ1) is 10.9. The molecule has 0 aliphatic carbocycles. The van der Waals surface area contributed by atoms with Crippen LogP contribution in [0.1, 0.15) is 29.8 Å². The van der Waals surface area contributed by atoms with Gasteiger partial charge in [0, 0.05) is 12.1 Å². The predicted molar refractivity (Wildman–Crippen MR) is 90.3 cm³/mol. The third-order valence-corrected chi connectivity index (χ3v) is 5.91. The monoisotopic (exact) mass is 329 g/mol. The Balaban J connectivity index is 2.10. The topological polar surface area (TPSA) is 54.5 Å². The molecule has 0 saturated carbocycles. The summed E-state index contributed by atoms with van der Waals surface area (Å²) in [4.78, 5) is 11.7. The van der Waals surface area contributed by atoms with Crippen LogP contribution in [0, 0.1) is 5.92 Å². The molecule has 120 valence electrons. The second kappa shape index (κ2) is 5.81. The van der Waals surface area contributed by atoms with Crippen LogP contribution in [0.3, 0.4) is 0 Å². The molecule has 1 unspecified atom stereocenters. The van der Waals surface area contributed by atoms with Gasteiger partial charge in [-0.3, -0.25) is 9.10 Å². The molecular formula is C18H19NO3S. The van der Waals surface area contributed by atoms with Gasteiger partial charge in [0.25, 0.3) is 10.0 Å². The fourth-order valence-electron chi connectivity index (χ4n) is 2.98. The number of nitrogens with zero attached hydrogens (tertiary/aromatic N) is 1. The van der Waals surface area contributed by atoms with Gasteiger partial charge in [0.1, 0.15) is 0 Å². The molecule has 1 aliphatic rings. The quantitative estimate of drug-likeness (QED) is 0.812. The van der Waals surface area contributed by atoms with Gasteiger partial charge < -0.3 is 0 Å². The Labute approximate surface area is 136 Å². The van der Waals surface area contributed by atoms with Gasteiger partial charge in [-0.1, -0.05) is 37.3 Å². The molecule has 0 amide bonds. The van der Waals surface area contributed by atoms with E-state index in [-0.39, 0.29) is 16.6 Å². The fraction of sp³-hybridized carbons (Fsp3) is 0.278. The second-order valence-corrected chi connectivity index (χ2v) is 7.92. The van der Waals surface area contributed by atoms with Gasteiger partial charge in [-0.05, 0) is 43.0 Å². The number of fused-ring (bicyclic) bond motifs is 1. The summed E-state index contributed by atoms with van der Waals surface area (Å²) in [5.41, 5.74) is 2.18. The number of carbonyl (C=O) groups is 1. The molecule has 3 rings (SSSR count). The highest BCUT2D eigenvalue weighted by molar-refractivity contribution is 7.92. The number of anilines is 1. The molecule has 0 radical (unpaired) electrons. The van der Waals surface area contributed by atoms with E-state index in [0.29, 0.717) is 12.1 Å². The molecule has 1 aliphatic heterocycles. The zero-order valence-electron chi connectivity index (χ0n) is 13.2. The average Bonchev–Trinajstić information content (AvgIpc) is 2.54. The Bertz CT molecular complexity index is 858. The van der Waals surface area contributed by atoms with Crippen molar-refractivity contribution in [3.8, 4) is 0 Å². The van der Waals surface area contributed by atoms with Gasteiger partial charge >= 0.3 is 0 Å². The van der Waals surface area contributed by atoms with Crippen molar-refractivity contribution in [2.75, 3.05) is 10.8 Å². The highest BCUT2D eigenvalue weighted by Gasteiger charge is 2.31. The van der Waals surface area contributed by atoms with Crippen molar-refractivity contribution in [2.24, 2.45) is 5.92 Å². The number of rotatable bonds is 3. The molecule has 0 bridgehead atoms. The minimum absolute atomic E-state index is 0.144. The molecular weight excluding hydrogens is 310 g/mol. The number of hydrogen-bond donors (Lipinski definition) is 0. The first-order valence-corrected chi connectivity index (χ1v) is 9.05. The smallest absolute Gasteiger partial charge is 0.264 e.